The number of aromatic carboxylic acids is 1. The molecule has 3 aromatic rings. The molecule has 0 saturated heterocycles. The number of rotatable bonds is 5. The zero-order valence-corrected chi connectivity index (χ0v) is 16.7. The maximum absolute atomic E-state index is 12.9. The Kier molecular flexibility index (Phi) is 5.95. The molecular formula is C21H13ClN4O5. The van der Waals surface area contributed by atoms with Crippen molar-refractivity contribution in [3.05, 3.63) is 95.9 Å². The number of hydrogen-bond acceptors (Lipinski definition) is 6. The third-order valence-electron chi connectivity index (χ3n) is 4.41. The fourth-order valence-electron chi connectivity index (χ4n) is 2.88. The number of nitro benzene ring substituents is 1. The van der Waals surface area contributed by atoms with Crippen LogP contribution in [-0.4, -0.2) is 25.8 Å². The molecule has 0 spiro atoms. The van der Waals surface area contributed by atoms with Crippen LogP contribution in [0.3, 0.4) is 0 Å². The normalized spacial score (nSPS) is 10.7. The number of carboxylic acid groups (broad SMARTS) is 1. The van der Waals surface area contributed by atoms with Crippen molar-refractivity contribution in [2.24, 2.45) is 0 Å². The van der Waals surface area contributed by atoms with E-state index >= 15 is 0 Å². The van der Waals surface area contributed by atoms with Crippen molar-refractivity contribution < 1.29 is 14.8 Å². The largest absolute Gasteiger partial charge is 0.476 e. The molecule has 0 unspecified atom stereocenters. The predicted molar refractivity (Wildman–Crippen MR) is 113 cm³/mol. The molecule has 0 aliphatic rings. The summed E-state index contributed by atoms with van der Waals surface area (Å²) < 4.78 is 0.870. The van der Waals surface area contributed by atoms with E-state index in [1.165, 1.54) is 30.4 Å². The maximum Gasteiger partial charge on any atom is 0.357 e. The van der Waals surface area contributed by atoms with E-state index in [2.05, 4.69) is 5.10 Å². The van der Waals surface area contributed by atoms with Gasteiger partial charge in [0.15, 0.2) is 5.69 Å². The van der Waals surface area contributed by atoms with Gasteiger partial charge in [0, 0.05) is 22.7 Å². The van der Waals surface area contributed by atoms with Crippen LogP contribution in [0.4, 0.5) is 5.69 Å². The van der Waals surface area contributed by atoms with Crippen molar-refractivity contribution in [3.63, 3.8) is 0 Å². The average Bonchev–Trinajstić information content (AvgIpc) is 2.73. The monoisotopic (exact) mass is 436 g/mol. The molecule has 0 radical (unpaired) electrons. The standard InChI is InChI=1S/C21H13ClN4O5/c1-12-4-2-3-5-18(12)25-20(27)16(11-23)15(19(24-25)21(28)29)8-6-13-10-14(26(30)31)7-9-17(13)22/h2-10H,1H3,(H,28,29)/b8-6-. The molecule has 0 saturated carbocycles. The first-order valence-electron chi connectivity index (χ1n) is 8.73. The molecule has 0 bridgehead atoms. The number of nitrogens with zero attached hydrogens (tertiary/aromatic N) is 4. The van der Waals surface area contributed by atoms with E-state index < -0.39 is 27.7 Å². The highest BCUT2D eigenvalue weighted by Gasteiger charge is 2.21. The summed E-state index contributed by atoms with van der Waals surface area (Å²) in [4.78, 5) is 35.1. The van der Waals surface area contributed by atoms with Crippen molar-refractivity contribution in [2.45, 2.75) is 6.92 Å². The predicted octanol–water partition coefficient (Wildman–Crippen LogP) is 3.84. The first-order valence-corrected chi connectivity index (χ1v) is 9.11. The van der Waals surface area contributed by atoms with Gasteiger partial charge in [-0.1, -0.05) is 42.0 Å². The number of hydrogen-bond donors (Lipinski definition) is 1. The topological polar surface area (TPSA) is 139 Å². The second-order valence-corrected chi connectivity index (χ2v) is 6.76. The average molecular weight is 437 g/mol. The molecule has 154 valence electrons. The lowest BCUT2D eigenvalue weighted by atomic mass is 10.1. The third kappa shape index (κ3) is 4.19. The minimum atomic E-state index is -1.45. The Bertz CT molecular complexity index is 1350. The van der Waals surface area contributed by atoms with E-state index in [0.29, 0.717) is 11.3 Å². The smallest absolute Gasteiger partial charge is 0.357 e. The SMILES string of the molecule is Cc1ccccc1-n1nc(C(=O)O)c(/C=C\c2cc([N+](=O)[O-])ccc2Cl)c(C#N)c1=O. The first kappa shape index (κ1) is 21.4. The maximum atomic E-state index is 12.9. The fourth-order valence-corrected chi connectivity index (χ4v) is 3.06. The summed E-state index contributed by atoms with van der Waals surface area (Å²) in [6.45, 7) is 1.72. The number of halogens is 1. The van der Waals surface area contributed by atoms with E-state index in [1.807, 2.05) is 0 Å². The highest BCUT2D eigenvalue weighted by atomic mass is 35.5. The molecule has 1 aromatic heterocycles. The lowest BCUT2D eigenvalue weighted by Crippen LogP contribution is -2.28. The van der Waals surface area contributed by atoms with Crippen molar-refractivity contribution in [1.29, 1.82) is 5.26 Å². The van der Waals surface area contributed by atoms with Crippen molar-refractivity contribution in [3.8, 4) is 11.8 Å². The highest BCUT2D eigenvalue weighted by molar-refractivity contribution is 6.32. The molecular weight excluding hydrogens is 424 g/mol. The lowest BCUT2D eigenvalue weighted by molar-refractivity contribution is -0.384. The van der Waals surface area contributed by atoms with Gasteiger partial charge in [-0.15, -0.1) is 0 Å². The Morgan fingerprint density at radius 2 is 2.00 bits per heavy atom. The summed E-state index contributed by atoms with van der Waals surface area (Å²) in [6.07, 6.45) is 2.47. The van der Waals surface area contributed by atoms with Gasteiger partial charge < -0.3 is 5.11 Å². The van der Waals surface area contributed by atoms with E-state index in [4.69, 9.17) is 11.6 Å². The van der Waals surface area contributed by atoms with Gasteiger partial charge in [-0.3, -0.25) is 14.9 Å². The molecule has 1 N–H and O–H groups in total. The molecule has 0 aliphatic heterocycles. The molecule has 10 heteroatoms. The number of aromatic nitrogens is 2. The molecule has 1 heterocycles. The molecule has 9 nitrogen and oxygen atoms in total. The summed E-state index contributed by atoms with van der Waals surface area (Å²) >= 11 is 6.06. The van der Waals surface area contributed by atoms with Gasteiger partial charge in [-0.25, -0.2) is 4.79 Å². The van der Waals surface area contributed by atoms with E-state index in [1.54, 1.807) is 37.3 Å². The van der Waals surface area contributed by atoms with Crippen LogP contribution in [0.25, 0.3) is 17.8 Å². The summed E-state index contributed by atoms with van der Waals surface area (Å²) in [7, 11) is 0. The summed E-state index contributed by atoms with van der Waals surface area (Å²) in [5, 5.41) is 34.3. The second-order valence-electron chi connectivity index (χ2n) is 6.35. The van der Waals surface area contributed by atoms with Gasteiger partial charge >= 0.3 is 5.97 Å². The summed E-state index contributed by atoms with van der Waals surface area (Å²) in [6, 6.07) is 12.2. The van der Waals surface area contributed by atoms with E-state index in [9.17, 15) is 30.1 Å². The van der Waals surface area contributed by atoms with Crippen molar-refractivity contribution in [1.82, 2.24) is 9.78 Å². The number of non-ortho nitro benzene ring substituents is 1. The molecule has 0 atom stereocenters. The van der Waals surface area contributed by atoms with Crippen LogP contribution in [0.2, 0.25) is 5.02 Å². The number of para-hydroxylation sites is 1. The number of nitro groups is 1. The van der Waals surface area contributed by atoms with Gasteiger partial charge in [0.2, 0.25) is 0 Å². The van der Waals surface area contributed by atoms with E-state index in [0.717, 1.165) is 4.68 Å². The van der Waals surface area contributed by atoms with Crippen LogP contribution in [-0.2, 0) is 0 Å². The fraction of sp³-hybridized carbons (Fsp3) is 0.0476. The van der Waals surface area contributed by atoms with Crippen LogP contribution in [0.5, 0.6) is 0 Å². The van der Waals surface area contributed by atoms with Gasteiger partial charge in [-0.2, -0.15) is 15.0 Å². The molecule has 31 heavy (non-hydrogen) atoms. The van der Waals surface area contributed by atoms with Crippen LogP contribution < -0.4 is 5.56 Å². The van der Waals surface area contributed by atoms with Gasteiger partial charge in [0.05, 0.1) is 10.6 Å². The van der Waals surface area contributed by atoms with Crippen LogP contribution in [0, 0.1) is 28.4 Å². The summed E-state index contributed by atoms with van der Waals surface area (Å²) in [5.74, 6) is -1.45. The van der Waals surface area contributed by atoms with Crippen LogP contribution in [0.1, 0.15) is 32.7 Å². The number of carbonyl (C=O) groups is 1. The van der Waals surface area contributed by atoms with Crippen molar-refractivity contribution in [2.75, 3.05) is 0 Å². The number of nitriles is 1. The Morgan fingerprint density at radius 1 is 1.29 bits per heavy atom. The number of carboxylic acids is 1. The summed E-state index contributed by atoms with van der Waals surface area (Å²) in [5.41, 5.74) is -1.02. The zero-order valence-electron chi connectivity index (χ0n) is 15.9. The Labute approximate surface area is 180 Å². The molecule has 0 amide bonds. The number of aryl methyl sites for hydroxylation is 1. The zero-order chi connectivity index (χ0) is 22.7. The number of benzene rings is 2. The Hall–Kier alpha value is -4.29. The first-order chi connectivity index (χ1) is 14.7. The molecule has 3 rings (SSSR count). The quantitative estimate of drug-likeness (QED) is 0.473. The minimum Gasteiger partial charge on any atom is -0.476 e. The third-order valence-corrected chi connectivity index (χ3v) is 4.75. The molecule has 0 aliphatic carbocycles. The minimum absolute atomic E-state index is 0.165. The Morgan fingerprint density at radius 3 is 2.61 bits per heavy atom. The van der Waals surface area contributed by atoms with Crippen molar-refractivity contribution >= 4 is 35.4 Å². The molecule has 0 fully saturated rings. The second kappa shape index (κ2) is 8.61. The Balaban J connectivity index is 2.25. The lowest BCUT2D eigenvalue weighted by Gasteiger charge is -2.11. The van der Waals surface area contributed by atoms with Crippen LogP contribution >= 0.6 is 11.6 Å². The molecule has 2 aromatic carbocycles. The van der Waals surface area contributed by atoms with E-state index in [-0.39, 0.29) is 21.8 Å². The van der Waals surface area contributed by atoms with Gasteiger partial charge in [-0.05, 0) is 30.2 Å². The van der Waals surface area contributed by atoms with Crippen LogP contribution in [0.15, 0.2) is 47.3 Å². The van der Waals surface area contributed by atoms with Gasteiger partial charge in [0.1, 0.15) is 11.6 Å². The highest BCUT2D eigenvalue weighted by Crippen LogP contribution is 2.25. The van der Waals surface area contributed by atoms with Gasteiger partial charge in [0.25, 0.3) is 11.2 Å².